The van der Waals surface area contributed by atoms with Crippen molar-refractivity contribution in [1.29, 1.82) is 0 Å². The average molecular weight is 419 g/mol. The van der Waals surface area contributed by atoms with Crippen molar-refractivity contribution < 1.29 is 33.4 Å². The highest BCUT2D eigenvalue weighted by Crippen LogP contribution is 2.34. The number of hydrogen-bond donors (Lipinski definition) is 2. The smallest absolute Gasteiger partial charge is 0.255 e. The predicted molar refractivity (Wildman–Crippen MR) is 114 cm³/mol. The third-order valence-corrected chi connectivity index (χ3v) is 4.92. The summed E-state index contributed by atoms with van der Waals surface area (Å²) in [5, 5.41) is 3.00. The van der Waals surface area contributed by atoms with Crippen LogP contribution in [-0.2, 0) is 0 Å². The van der Waals surface area contributed by atoms with E-state index in [1.165, 1.54) is 21.3 Å². The maximum atomic E-state index is 12.9. The van der Waals surface area contributed by atoms with Crippen LogP contribution < -0.4 is 33.9 Å². The summed E-state index contributed by atoms with van der Waals surface area (Å²) < 4.78 is 26.7. The van der Waals surface area contributed by atoms with E-state index in [-0.39, 0.29) is 11.9 Å². The van der Waals surface area contributed by atoms with Crippen molar-refractivity contribution in [1.82, 2.24) is 5.32 Å². The molecule has 0 fully saturated rings. The lowest BCUT2D eigenvalue weighted by atomic mass is 10.0. The van der Waals surface area contributed by atoms with Gasteiger partial charge in [-0.3, -0.25) is 4.79 Å². The van der Waals surface area contributed by atoms with E-state index in [0.717, 1.165) is 10.5 Å². The summed E-state index contributed by atoms with van der Waals surface area (Å²) >= 11 is 0. The number of nitrogens with one attached hydrogen (secondary N) is 2. The molecule has 2 rings (SSSR count). The van der Waals surface area contributed by atoms with E-state index in [4.69, 9.17) is 23.7 Å². The summed E-state index contributed by atoms with van der Waals surface area (Å²) in [7, 11) is 11.8. The highest BCUT2D eigenvalue weighted by Gasteiger charge is 2.23. The number of ether oxygens (including phenoxy) is 5. The van der Waals surface area contributed by atoms with Crippen molar-refractivity contribution in [3.05, 3.63) is 41.5 Å². The first-order chi connectivity index (χ1) is 14.4. The van der Waals surface area contributed by atoms with E-state index in [1.54, 1.807) is 26.4 Å². The number of quaternary nitrogens is 1. The molecular weight excluding hydrogens is 388 g/mol. The first-order valence-corrected chi connectivity index (χ1v) is 9.50. The van der Waals surface area contributed by atoms with Crippen LogP contribution in [0.4, 0.5) is 0 Å². The SMILES string of the molecule is COc1ccc([C@H](CNC(=O)c2cc(OC)c(OC)cc2OC)[NH+](C)C)cc1OC. The molecule has 1 atom stereocenters. The number of hydrogen-bond acceptors (Lipinski definition) is 6. The monoisotopic (exact) mass is 419 g/mol. The Bertz CT molecular complexity index is 869. The molecule has 0 aliphatic rings. The number of benzene rings is 2. The molecule has 0 spiro atoms. The fourth-order valence-corrected chi connectivity index (χ4v) is 3.22. The molecule has 0 aromatic heterocycles. The minimum Gasteiger partial charge on any atom is -0.496 e. The molecule has 1 amide bonds. The van der Waals surface area contributed by atoms with Crippen LogP contribution in [0.3, 0.4) is 0 Å². The lowest BCUT2D eigenvalue weighted by Crippen LogP contribution is -3.07. The molecular formula is C22H31N2O6+. The second-order valence-electron chi connectivity index (χ2n) is 6.86. The largest absolute Gasteiger partial charge is 0.496 e. The zero-order chi connectivity index (χ0) is 22.3. The van der Waals surface area contributed by atoms with Gasteiger partial charge >= 0.3 is 0 Å². The van der Waals surface area contributed by atoms with E-state index in [1.807, 2.05) is 32.3 Å². The van der Waals surface area contributed by atoms with Crippen LogP contribution in [0.2, 0.25) is 0 Å². The molecule has 2 aromatic carbocycles. The number of amides is 1. The number of likely N-dealkylation sites (N-methyl/N-ethyl adjacent to an activating group) is 1. The molecule has 0 radical (unpaired) electrons. The van der Waals surface area contributed by atoms with Gasteiger partial charge in [-0.15, -0.1) is 0 Å². The Morgan fingerprint density at radius 2 is 1.33 bits per heavy atom. The second kappa shape index (κ2) is 10.6. The Hall–Kier alpha value is -3.13. The van der Waals surface area contributed by atoms with Crippen molar-refractivity contribution in [2.24, 2.45) is 0 Å². The molecule has 30 heavy (non-hydrogen) atoms. The summed E-state index contributed by atoms with van der Waals surface area (Å²) in [5.41, 5.74) is 1.39. The number of methoxy groups -OCH3 is 5. The second-order valence-corrected chi connectivity index (χ2v) is 6.86. The number of carbonyl (C=O) groups is 1. The molecule has 164 valence electrons. The molecule has 0 aliphatic heterocycles. The van der Waals surface area contributed by atoms with Crippen LogP contribution in [0.15, 0.2) is 30.3 Å². The fourth-order valence-electron chi connectivity index (χ4n) is 3.22. The van der Waals surface area contributed by atoms with E-state index < -0.39 is 0 Å². The van der Waals surface area contributed by atoms with E-state index in [9.17, 15) is 4.79 Å². The quantitative estimate of drug-likeness (QED) is 0.605. The van der Waals surface area contributed by atoms with Gasteiger partial charge in [0.1, 0.15) is 11.8 Å². The summed E-state index contributed by atoms with van der Waals surface area (Å²) in [6, 6.07) is 9.02. The zero-order valence-corrected chi connectivity index (χ0v) is 18.6. The Morgan fingerprint density at radius 3 is 1.87 bits per heavy atom. The molecule has 2 N–H and O–H groups in total. The van der Waals surface area contributed by atoms with Crippen LogP contribution in [0.1, 0.15) is 22.0 Å². The third kappa shape index (κ3) is 5.07. The van der Waals surface area contributed by atoms with Crippen molar-refractivity contribution in [2.75, 3.05) is 56.2 Å². The van der Waals surface area contributed by atoms with Gasteiger partial charge in [0.15, 0.2) is 23.0 Å². The van der Waals surface area contributed by atoms with Gasteiger partial charge in [0.2, 0.25) is 0 Å². The lowest BCUT2D eigenvalue weighted by Gasteiger charge is -2.23. The molecule has 0 unspecified atom stereocenters. The van der Waals surface area contributed by atoms with Gasteiger partial charge in [-0.2, -0.15) is 0 Å². The summed E-state index contributed by atoms with van der Waals surface area (Å²) in [6.45, 7) is 0.411. The number of rotatable bonds is 10. The van der Waals surface area contributed by atoms with E-state index in [2.05, 4.69) is 5.32 Å². The van der Waals surface area contributed by atoms with Gasteiger partial charge < -0.3 is 33.9 Å². The maximum absolute atomic E-state index is 12.9. The summed E-state index contributed by atoms with van der Waals surface area (Å²) in [6.07, 6.45) is 0. The van der Waals surface area contributed by atoms with Crippen molar-refractivity contribution in [3.63, 3.8) is 0 Å². The van der Waals surface area contributed by atoms with Crippen molar-refractivity contribution in [2.45, 2.75) is 6.04 Å². The van der Waals surface area contributed by atoms with Gasteiger partial charge in [-0.25, -0.2) is 0 Å². The third-order valence-electron chi connectivity index (χ3n) is 4.92. The Morgan fingerprint density at radius 1 is 0.800 bits per heavy atom. The topological polar surface area (TPSA) is 79.7 Å². The Balaban J connectivity index is 2.26. The predicted octanol–water partition coefficient (Wildman–Crippen LogP) is 1.35. The van der Waals surface area contributed by atoms with E-state index >= 15 is 0 Å². The molecule has 8 heteroatoms. The Labute approximate surface area is 177 Å². The van der Waals surface area contributed by atoms with Gasteiger partial charge in [-0.1, -0.05) is 0 Å². The highest BCUT2D eigenvalue weighted by atomic mass is 16.5. The number of carbonyl (C=O) groups excluding carboxylic acids is 1. The van der Waals surface area contributed by atoms with Crippen molar-refractivity contribution >= 4 is 5.91 Å². The molecule has 0 heterocycles. The lowest BCUT2D eigenvalue weighted by molar-refractivity contribution is -0.890. The molecule has 2 aromatic rings. The van der Waals surface area contributed by atoms with E-state index in [0.29, 0.717) is 40.9 Å². The molecule has 0 saturated heterocycles. The van der Waals surface area contributed by atoms with Gasteiger partial charge in [0.25, 0.3) is 5.91 Å². The first kappa shape index (κ1) is 23.2. The van der Waals surface area contributed by atoms with Gasteiger partial charge in [0.05, 0.1) is 61.8 Å². The van der Waals surface area contributed by atoms with Crippen LogP contribution >= 0.6 is 0 Å². The zero-order valence-electron chi connectivity index (χ0n) is 18.6. The van der Waals surface area contributed by atoms with Crippen LogP contribution in [0, 0.1) is 0 Å². The molecule has 0 bridgehead atoms. The van der Waals surface area contributed by atoms with Crippen LogP contribution in [-0.4, -0.2) is 62.1 Å². The Kier molecular flexibility index (Phi) is 8.17. The minimum absolute atomic E-state index is 0.0000973. The van der Waals surface area contributed by atoms with Gasteiger partial charge in [-0.05, 0) is 18.2 Å². The van der Waals surface area contributed by atoms with Crippen LogP contribution in [0.5, 0.6) is 28.7 Å². The minimum atomic E-state index is -0.264. The first-order valence-electron chi connectivity index (χ1n) is 9.50. The molecule has 0 aliphatic carbocycles. The highest BCUT2D eigenvalue weighted by molar-refractivity contribution is 5.97. The maximum Gasteiger partial charge on any atom is 0.255 e. The molecule has 8 nitrogen and oxygen atoms in total. The normalized spacial score (nSPS) is 11.6. The summed E-state index contributed by atoms with van der Waals surface area (Å²) in [4.78, 5) is 14.1. The summed E-state index contributed by atoms with van der Waals surface area (Å²) in [5.74, 6) is 2.40. The average Bonchev–Trinajstić information content (AvgIpc) is 2.77. The molecule has 0 saturated carbocycles. The van der Waals surface area contributed by atoms with Crippen LogP contribution in [0.25, 0.3) is 0 Å². The van der Waals surface area contributed by atoms with Crippen molar-refractivity contribution in [3.8, 4) is 28.7 Å². The van der Waals surface area contributed by atoms with Gasteiger partial charge in [0, 0.05) is 17.7 Å². The standard InChI is InChI=1S/C22H30N2O6/c1-24(2)16(14-8-9-17(26-3)19(10-14)28-5)13-23-22(25)15-11-20(29-6)21(30-7)12-18(15)27-4/h8-12,16H,13H2,1-7H3,(H,23,25)/p+1/t16-/m0/s1. The fraction of sp³-hybridized carbons (Fsp3) is 0.409.